The first-order valence-corrected chi connectivity index (χ1v) is 4.75. The van der Waals surface area contributed by atoms with Gasteiger partial charge in [-0.05, 0) is 22.0 Å². The number of hydrogen-bond donors (Lipinski definition) is 3. The van der Waals surface area contributed by atoms with Crippen molar-refractivity contribution in [1.82, 2.24) is 5.32 Å². The van der Waals surface area contributed by atoms with Gasteiger partial charge < -0.3 is 19.9 Å². The molecule has 1 unspecified atom stereocenters. The van der Waals surface area contributed by atoms with Gasteiger partial charge in [-0.2, -0.15) is 0 Å². The van der Waals surface area contributed by atoms with Crippen LogP contribution >= 0.6 is 15.9 Å². The molecule has 1 heterocycles. The van der Waals surface area contributed by atoms with E-state index in [1.807, 2.05) is 0 Å². The predicted molar refractivity (Wildman–Crippen MR) is 51.2 cm³/mol. The zero-order valence-electron chi connectivity index (χ0n) is 7.03. The predicted octanol–water partition coefficient (Wildman–Crippen LogP) is 0.485. The van der Waals surface area contributed by atoms with Crippen molar-refractivity contribution in [2.45, 2.75) is 12.6 Å². The number of nitrogens with one attached hydrogen (secondary N) is 1. The lowest BCUT2D eigenvalue weighted by molar-refractivity contribution is 0.0938. The van der Waals surface area contributed by atoms with E-state index >= 15 is 0 Å². The Labute approximate surface area is 84.7 Å². The van der Waals surface area contributed by atoms with Gasteiger partial charge in [0.15, 0.2) is 0 Å². The van der Waals surface area contributed by atoms with E-state index in [2.05, 4.69) is 21.2 Å². The molecule has 1 aromatic rings. The Hall–Kier alpha value is -0.360. The molecule has 0 aliphatic rings. The lowest BCUT2D eigenvalue weighted by Gasteiger charge is -2.07. The van der Waals surface area contributed by atoms with Crippen molar-refractivity contribution in [3.8, 4) is 0 Å². The number of hydrogen-bond acceptors (Lipinski definition) is 4. The molecule has 0 aliphatic heterocycles. The number of aliphatic hydroxyl groups excluding tert-OH is 2. The molecule has 0 saturated carbocycles. The van der Waals surface area contributed by atoms with Gasteiger partial charge in [0, 0.05) is 6.54 Å². The standard InChI is InChI=1S/C8H12BrNO3/c9-7-1-2-13-8(7)4-10-3-6(12)5-11/h1-2,6,10-12H,3-5H2. The van der Waals surface area contributed by atoms with Gasteiger partial charge in [-0.15, -0.1) is 0 Å². The first-order valence-electron chi connectivity index (χ1n) is 3.95. The minimum Gasteiger partial charge on any atom is -0.467 e. The average molecular weight is 250 g/mol. The molecule has 0 fully saturated rings. The summed E-state index contributed by atoms with van der Waals surface area (Å²) in [6.45, 7) is 0.653. The average Bonchev–Trinajstić information content (AvgIpc) is 2.52. The largest absolute Gasteiger partial charge is 0.467 e. The second-order valence-corrected chi connectivity index (χ2v) is 3.51. The number of furan rings is 1. The second kappa shape index (κ2) is 5.39. The van der Waals surface area contributed by atoms with Gasteiger partial charge in [-0.3, -0.25) is 0 Å². The first-order chi connectivity index (χ1) is 6.24. The fourth-order valence-corrected chi connectivity index (χ4v) is 1.21. The van der Waals surface area contributed by atoms with E-state index in [-0.39, 0.29) is 6.61 Å². The summed E-state index contributed by atoms with van der Waals surface area (Å²) in [5.41, 5.74) is 0. The van der Waals surface area contributed by atoms with Crippen molar-refractivity contribution in [2.24, 2.45) is 0 Å². The van der Waals surface area contributed by atoms with Crippen LogP contribution in [0.25, 0.3) is 0 Å². The quantitative estimate of drug-likeness (QED) is 0.711. The molecule has 4 nitrogen and oxygen atoms in total. The van der Waals surface area contributed by atoms with Gasteiger partial charge in [0.05, 0.1) is 30.0 Å². The highest BCUT2D eigenvalue weighted by atomic mass is 79.9. The Bertz CT molecular complexity index is 251. The zero-order chi connectivity index (χ0) is 9.68. The molecule has 3 N–H and O–H groups in total. The van der Waals surface area contributed by atoms with Gasteiger partial charge in [0.1, 0.15) is 5.76 Å². The Morgan fingerprint density at radius 3 is 2.92 bits per heavy atom. The van der Waals surface area contributed by atoms with Crippen LogP contribution in [0, 0.1) is 0 Å². The van der Waals surface area contributed by atoms with Crippen LogP contribution in [-0.4, -0.2) is 29.5 Å². The second-order valence-electron chi connectivity index (χ2n) is 2.66. The van der Waals surface area contributed by atoms with Crippen LogP contribution in [0.2, 0.25) is 0 Å². The van der Waals surface area contributed by atoms with E-state index in [0.717, 1.165) is 10.2 Å². The molecule has 0 spiro atoms. The van der Waals surface area contributed by atoms with E-state index in [1.165, 1.54) is 0 Å². The topological polar surface area (TPSA) is 65.6 Å². The molecule has 5 heteroatoms. The van der Waals surface area contributed by atoms with E-state index in [1.54, 1.807) is 12.3 Å². The lowest BCUT2D eigenvalue weighted by Crippen LogP contribution is -2.28. The first kappa shape index (κ1) is 10.7. The molecular formula is C8H12BrNO3. The number of halogens is 1. The summed E-state index contributed by atoms with van der Waals surface area (Å²) in [7, 11) is 0. The van der Waals surface area contributed by atoms with Crippen molar-refractivity contribution in [3.05, 3.63) is 22.6 Å². The SMILES string of the molecule is OCC(O)CNCc1occc1Br. The van der Waals surface area contributed by atoms with E-state index in [0.29, 0.717) is 13.1 Å². The maximum absolute atomic E-state index is 9.00. The third-order valence-corrected chi connectivity index (χ3v) is 2.27. The van der Waals surface area contributed by atoms with Crippen LogP contribution in [0.1, 0.15) is 5.76 Å². The maximum atomic E-state index is 9.00. The molecule has 74 valence electrons. The number of rotatable bonds is 5. The minimum absolute atomic E-state index is 0.230. The van der Waals surface area contributed by atoms with E-state index < -0.39 is 6.10 Å². The molecule has 13 heavy (non-hydrogen) atoms. The van der Waals surface area contributed by atoms with Crippen molar-refractivity contribution >= 4 is 15.9 Å². The molecule has 0 saturated heterocycles. The molecule has 1 aromatic heterocycles. The van der Waals surface area contributed by atoms with Crippen LogP contribution in [0.15, 0.2) is 21.2 Å². The molecular weight excluding hydrogens is 238 g/mol. The Morgan fingerprint density at radius 2 is 2.38 bits per heavy atom. The van der Waals surface area contributed by atoms with Gasteiger partial charge in [-0.1, -0.05) is 0 Å². The zero-order valence-corrected chi connectivity index (χ0v) is 8.62. The normalized spacial score (nSPS) is 13.2. The molecule has 1 atom stereocenters. The van der Waals surface area contributed by atoms with Crippen LogP contribution in [0.4, 0.5) is 0 Å². The highest BCUT2D eigenvalue weighted by molar-refractivity contribution is 9.10. The monoisotopic (exact) mass is 249 g/mol. The fraction of sp³-hybridized carbons (Fsp3) is 0.500. The highest BCUT2D eigenvalue weighted by Crippen LogP contribution is 2.16. The van der Waals surface area contributed by atoms with Crippen molar-refractivity contribution in [1.29, 1.82) is 0 Å². The van der Waals surface area contributed by atoms with Crippen molar-refractivity contribution in [3.63, 3.8) is 0 Å². The Kier molecular flexibility index (Phi) is 4.44. The van der Waals surface area contributed by atoms with Gasteiger partial charge in [0.25, 0.3) is 0 Å². The van der Waals surface area contributed by atoms with Crippen LogP contribution in [0.5, 0.6) is 0 Å². The van der Waals surface area contributed by atoms with Crippen LogP contribution < -0.4 is 5.32 Å². The van der Waals surface area contributed by atoms with Crippen LogP contribution in [-0.2, 0) is 6.54 Å². The van der Waals surface area contributed by atoms with Crippen molar-refractivity contribution < 1.29 is 14.6 Å². The summed E-state index contributed by atoms with van der Waals surface area (Å²) in [4.78, 5) is 0. The molecule has 0 amide bonds. The molecule has 0 aliphatic carbocycles. The molecule has 0 radical (unpaired) electrons. The van der Waals surface area contributed by atoms with Gasteiger partial charge in [0.2, 0.25) is 0 Å². The van der Waals surface area contributed by atoms with Crippen molar-refractivity contribution in [2.75, 3.05) is 13.2 Å². The number of aliphatic hydroxyl groups is 2. The minimum atomic E-state index is -0.714. The molecule has 1 rings (SSSR count). The van der Waals surface area contributed by atoms with E-state index in [9.17, 15) is 0 Å². The smallest absolute Gasteiger partial charge is 0.131 e. The third kappa shape index (κ3) is 3.48. The Morgan fingerprint density at radius 1 is 1.62 bits per heavy atom. The molecule has 0 aromatic carbocycles. The Balaban J connectivity index is 2.24. The van der Waals surface area contributed by atoms with Crippen LogP contribution in [0.3, 0.4) is 0 Å². The summed E-state index contributed by atoms with van der Waals surface area (Å²) < 4.78 is 6.03. The van der Waals surface area contributed by atoms with Gasteiger partial charge in [-0.25, -0.2) is 0 Å². The van der Waals surface area contributed by atoms with Gasteiger partial charge >= 0.3 is 0 Å². The maximum Gasteiger partial charge on any atom is 0.131 e. The molecule has 0 bridgehead atoms. The summed E-state index contributed by atoms with van der Waals surface area (Å²) in [5.74, 6) is 0.783. The fourth-order valence-electron chi connectivity index (χ4n) is 0.868. The summed E-state index contributed by atoms with van der Waals surface area (Å²) in [6, 6.07) is 1.81. The van der Waals surface area contributed by atoms with E-state index in [4.69, 9.17) is 14.6 Å². The lowest BCUT2D eigenvalue weighted by atomic mass is 10.3. The summed E-state index contributed by atoms with van der Waals surface area (Å²) in [6.07, 6.45) is 0.873. The highest BCUT2D eigenvalue weighted by Gasteiger charge is 2.04. The third-order valence-electron chi connectivity index (χ3n) is 1.57. The summed E-state index contributed by atoms with van der Waals surface area (Å²) in [5, 5.41) is 20.5. The summed E-state index contributed by atoms with van der Waals surface area (Å²) >= 11 is 3.30.